The van der Waals surface area contributed by atoms with E-state index in [2.05, 4.69) is 0 Å². The number of rotatable bonds is 4. The number of carbonyl (C=O) groups excluding carboxylic acids is 2. The molecule has 0 N–H and O–H groups in total. The van der Waals surface area contributed by atoms with Crippen molar-refractivity contribution in [1.29, 1.82) is 5.26 Å². The van der Waals surface area contributed by atoms with Crippen molar-refractivity contribution in [2.75, 3.05) is 45.7 Å². The van der Waals surface area contributed by atoms with E-state index >= 15 is 0 Å². The van der Waals surface area contributed by atoms with Gasteiger partial charge < -0.3 is 19.4 Å². The van der Waals surface area contributed by atoms with Crippen molar-refractivity contribution < 1.29 is 27.5 Å². The first-order valence-corrected chi connectivity index (χ1v) is 10.1. The maximum absolute atomic E-state index is 13.4. The Bertz CT molecular complexity index is 1100. The Kier molecular flexibility index (Phi) is 6.81. The van der Waals surface area contributed by atoms with E-state index in [1.165, 1.54) is 23.0 Å². The third-order valence-corrected chi connectivity index (χ3v) is 5.50. The zero-order chi connectivity index (χ0) is 24.3. The molecular formula is C23H23F3N4O3. The van der Waals surface area contributed by atoms with Crippen LogP contribution < -0.4 is 9.64 Å². The highest BCUT2D eigenvalue weighted by Gasteiger charge is 2.39. The number of halogens is 3. The van der Waals surface area contributed by atoms with E-state index in [1.807, 2.05) is 0 Å². The van der Waals surface area contributed by atoms with Gasteiger partial charge in [-0.05, 0) is 30.3 Å². The van der Waals surface area contributed by atoms with Gasteiger partial charge in [-0.15, -0.1) is 0 Å². The van der Waals surface area contributed by atoms with Crippen molar-refractivity contribution in [2.24, 2.45) is 0 Å². The Morgan fingerprint density at radius 1 is 1.15 bits per heavy atom. The third-order valence-electron chi connectivity index (χ3n) is 5.50. The molecule has 1 saturated heterocycles. The van der Waals surface area contributed by atoms with Crippen molar-refractivity contribution in [3.63, 3.8) is 0 Å². The number of amides is 2. The average Bonchev–Trinajstić information content (AvgIpc) is 2.81. The molecule has 1 aliphatic heterocycles. The number of nitriles is 1. The molecule has 3 rings (SSSR count). The van der Waals surface area contributed by atoms with Crippen molar-refractivity contribution in [3.05, 3.63) is 59.2 Å². The molecule has 0 bridgehead atoms. The van der Waals surface area contributed by atoms with E-state index in [0.717, 1.165) is 12.1 Å². The molecule has 0 saturated carbocycles. The van der Waals surface area contributed by atoms with Crippen LogP contribution in [0.15, 0.2) is 42.5 Å². The number of nitrogens with zero attached hydrogens (tertiary/aromatic N) is 4. The molecule has 1 fully saturated rings. The Morgan fingerprint density at radius 3 is 2.45 bits per heavy atom. The molecular weight excluding hydrogens is 437 g/mol. The maximum Gasteiger partial charge on any atom is 0.417 e. The second-order valence-corrected chi connectivity index (χ2v) is 7.73. The Balaban J connectivity index is 1.95. The predicted octanol–water partition coefficient (Wildman–Crippen LogP) is 3.00. The molecule has 33 heavy (non-hydrogen) atoms. The van der Waals surface area contributed by atoms with E-state index in [4.69, 9.17) is 10.00 Å². The second-order valence-electron chi connectivity index (χ2n) is 7.73. The minimum atomic E-state index is -4.69. The summed E-state index contributed by atoms with van der Waals surface area (Å²) in [5.41, 5.74) is -0.993. The van der Waals surface area contributed by atoms with Crippen LogP contribution in [0.5, 0.6) is 5.75 Å². The summed E-state index contributed by atoms with van der Waals surface area (Å²) in [6.07, 6.45) is -4.69. The molecule has 1 atom stereocenters. The molecule has 2 amide bonds. The number of carbonyl (C=O) groups is 2. The van der Waals surface area contributed by atoms with E-state index in [1.54, 1.807) is 49.3 Å². The summed E-state index contributed by atoms with van der Waals surface area (Å²) in [5, 5.41) is 9.04. The number of piperazine rings is 1. The van der Waals surface area contributed by atoms with Gasteiger partial charge in [0.2, 0.25) is 5.91 Å². The van der Waals surface area contributed by atoms with Crippen LogP contribution in [0.1, 0.15) is 21.5 Å². The highest BCUT2D eigenvalue weighted by molar-refractivity contribution is 6.00. The Morgan fingerprint density at radius 2 is 1.85 bits per heavy atom. The summed E-state index contributed by atoms with van der Waals surface area (Å²) in [5.74, 6) is -0.390. The summed E-state index contributed by atoms with van der Waals surface area (Å²) >= 11 is 0. The predicted molar refractivity (Wildman–Crippen MR) is 115 cm³/mol. The molecule has 1 unspecified atom stereocenters. The summed E-state index contributed by atoms with van der Waals surface area (Å²) < 4.78 is 45.5. The van der Waals surface area contributed by atoms with Gasteiger partial charge in [-0.1, -0.05) is 12.1 Å². The number of ether oxygens (including phenoxy) is 1. The normalized spacial score (nSPS) is 16.2. The molecule has 10 heteroatoms. The number of hydrogen-bond acceptors (Lipinski definition) is 5. The van der Waals surface area contributed by atoms with E-state index in [0.29, 0.717) is 11.3 Å². The van der Waals surface area contributed by atoms with Crippen LogP contribution in [-0.4, -0.2) is 68.5 Å². The van der Waals surface area contributed by atoms with Crippen molar-refractivity contribution in [2.45, 2.75) is 12.2 Å². The van der Waals surface area contributed by atoms with Crippen LogP contribution in [0.4, 0.5) is 18.9 Å². The van der Waals surface area contributed by atoms with Gasteiger partial charge in [0.05, 0.1) is 29.9 Å². The van der Waals surface area contributed by atoms with Gasteiger partial charge in [0.25, 0.3) is 5.91 Å². The minimum Gasteiger partial charge on any atom is -0.496 e. The van der Waals surface area contributed by atoms with Crippen LogP contribution >= 0.6 is 0 Å². The lowest BCUT2D eigenvalue weighted by Gasteiger charge is -2.42. The zero-order valence-electron chi connectivity index (χ0n) is 18.4. The van der Waals surface area contributed by atoms with Crippen LogP contribution in [0, 0.1) is 11.3 Å². The molecule has 0 spiro atoms. The van der Waals surface area contributed by atoms with Crippen LogP contribution in [0.2, 0.25) is 0 Å². The quantitative estimate of drug-likeness (QED) is 0.701. The summed E-state index contributed by atoms with van der Waals surface area (Å²) in [6, 6.07) is 10.7. The minimum absolute atomic E-state index is 0.00109. The van der Waals surface area contributed by atoms with Gasteiger partial charge in [0.1, 0.15) is 11.8 Å². The van der Waals surface area contributed by atoms with Gasteiger partial charge in [-0.2, -0.15) is 18.4 Å². The molecule has 1 aliphatic rings. The summed E-state index contributed by atoms with van der Waals surface area (Å²) in [4.78, 5) is 30.6. The fourth-order valence-corrected chi connectivity index (χ4v) is 3.81. The Hall–Kier alpha value is -3.74. The van der Waals surface area contributed by atoms with Crippen molar-refractivity contribution in [3.8, 4) is 11.8 Å². The zero-order valence-corrected chi connectivity index (χ0v) is 18.4. The number of hydrogen-bond donors (Lipinski definition) is 0. The standard InChI is InChI=1S/C23H23F3N4O3/c1-28(2)22(32)19-14-29(16-9-8-15(13-27)18(12-16)23(24,25)26)10-11-30(19)21(31)17-6-4-5-7-20(17)33-3/h4-9,12,19H,10-11,14H2,1-3H3. The number of para-hydroxylation sites is 1. The first-order valence-electron chi connectivity index (χ1n) is 10.1. The van der Waals surface area contributed by atoms with E-state index in [9.17, 15) is 22.8 Å². The second kappa shape index (κ2) is 9.40. The van der Waals surface area contributed by atoms with Gasteiger partial charge in [-0.25, -0.2) is 0 Å². The lowest BCUT2D eigenvalue weighted by molar-refractivity contribution is -0.138. The van der Waals surface area contributed by atoms with Crippen LogP contribution in [-0.2, 0) is 11.0 Å². The molecule has 174 valence electrons. The molecule has 0 aromatic heterocycles. The lowest BCUT2D eigenvalue weighted by atomic mass is 10.0. The van der Waals surface area contributed by atoms with Crippen molar-refractivity contribution >= 4 is 17.5 Å². The SMILES string of the molecule is COc1ccccc1C(=O)N1CCN(c2ccc(C#N)c(C(F)(F)F)c2)CC1C(=O)N(C)C. The van der Waals surface area contributed by atoms with E-state index in [-0.39, 0.29) is 31.2 Å². The largest absolute Gasteiger partial charge is 0.496 e. The lowest BCUT2D eigenvalue weighted by Crippen LogP contribution is -2.60. The number of likely N-dealkylation sites (N-methyl/N-ethyl adjacent to an activating group) is 1. The molecule has 0 aliphatic carbocycles. The van der Waals surface area contributed by atoms with Gasteiger partial charge >= 0.3 is 6.18 Å². The monoisotopic (exact) mass is 460 g/mol. The molecule has 0 radical (unpaired) electrons. The topological polar surface area (TPSA) is 76.9 Å². The number of benzene rings is 2. The first-order chi connectivity index (χ1) is 15.6. The maximum atomic E-state index is 13.4. The Labute approximate surface area is 189 Å². The number of alkyl halides is 3. The van der Waals surface area contributed by atoms with Crippen LogP contribution in [0.3, 0.4) is 0 Å². The van der Waals surface area contributed by atoms with Gasteiger partial charge in [0, 0.05) is 39.4 Å². The molecule has 2 aromatic rings. The fourth-order valence-electron chi connectivity index (χ4n) is 3.81. The summed E-state index contributed by atoms with van der Waals surface area (Å²) in [7, 11) is 4.54. The first kappa shape index (κ1) is 23.9. The highest BCUT2D eigenvalue weighted by Crippen LogP contribution is 2.35. The average molecular weight is 460 g/mol. The van der Waals surface area contributed by atoms with Gasteiger partial charge in [0.15, 0.2) is 0 Å². The smallest absolute Gasteiger partial charge is 0.417 e. The van der Waals surface area contributed by atoms with Gasteiger partial charge in [-0.3, -0.25) is 9.59 Å². The number of anilines is 1. The van der Waals surface area contributed by atoms with E-state index < -0.39 is 29.3 Å². The molecule has 7 nitrogen and oxygen atoms in total. The molecule has 2 aromatic carbocycles. The fraction of sp³-hybridized carbons (Fsp3) is 0.348. The highest BCUT2D eigenvalue weighted by atomic mass is 19.4. The van der Waals surface area contributed by atoms with Crippen LogP contribution in [0.25, 0.3) is 0 Å². The third kappa shape index (κ3) is 4.87. The molecule has 1 heterocycles. The van der Waals surface area contributed by atoms with Crippen molar-refractivity contribution in [1.82, 2.24) is 9.80 Å². The summed E-state index contributed by atoms with van der Waals surface area (Å²) in [6.45, 7) is 0.324. The number of methoxy groups -OCH3 is 1.